The fourth-order valence-corrected chi connectivity index (χ4v) is 9.58. The molecule has 6 fully saturated rings. The minimum atomic E-state index is -0.122. The molecule has 6 heterocycles. The molecule has 4 N–H and O–H groups in total. The molecule has 6 unspecified atom stereocenters. The molecule has 0 amide bonds. The quantitative estimate of drug-likeness (QED) is 0.229. The van der Waals surface area contributed by atoms with Crippen LogP contribution in [0.4, 0.5) is 0 Å². The molecule has 11 nitrogen and oxygen atoms in total. The molecule has 0 radical (unpaired) electrons. The summed E-state index contributed by atoms with van der Waals surface area (Å²) in [4.78, 5) is 31.0. The van der Waals surface area contributed by atoms with Crippen molar-refractivity contribution in [1.29, 1.82) is 0 Å². The average Bonchev–Trinajstić information content (AvgIpc) is 3.11. The number of hydrogen-bond acceptors (Lipinski definition) is 11. The highest BCUT2D eigenvalue weighted by Crippen LogP contribution is 2.22. The van der Waals surface area contributed by atoms with Crippen LogP contribution in [0, 0.1) is 0 Å². The summed E-state index contributed by atoms with van der Waals surface area (Å²) in [6.45, 7) is 28.0. The van der Waals surface area contributed by atoms with Crippen molar-refractivity contribution in [1.82, 2.24) is 50.7 Å². The fraction of sp³-hybridized carbons (Fsp3) is 0.973. The first kappa shape index (κ1) is 37.0. The number of piperazine rings is 4. The highest BCUT2D eigenvalue weighted by atomic mass is 16.1. The molecule has 276 valence electrons. The Labute approximate surface area is 293 Å². The van der Waals surface area contributed by atoms with E-state index < -0.39 is 0 Å². The summed E-state index contributed by atoms with van der Waals surface area (Å²) >= 11 is 0. The van der Waals surface area contributed by atoms with Gasteiger partial charge < -0.3 is 31.1 Å². The van der Waals surface area contributed by atoms with E-state index in [2.05, 4.69) is 78.4 Å². The van der Waals surface area contributed by atoms with E-state index in [9.17, 15) is 0 Å². The van der Waals surface area contributed by atoms with Gasteiger partial charge in [-0.2, -0.15) is 0 Å². The van der Waals surface area contributed by atoms with Gasteiger partial charge in [-0.1, -0.05) is 12.8 Å². The van der Waals surface area contributed by atoms with Crippen molar-refractivity contribution < 1.29 is 4.79 Å². The van der Waals surface area contributed by atoms with Gasteiger partial charge in [0.15, 0.2) is 5.78 Å². The Hall–Kier alpha value is -0.730. The zero-order valence-electron chi connectivity index (χ0n) is 31.2. The Morgan fingerprint density at radius 3 is 1.15 bits per heavy atom. The molecule has 0 saturated carbocycles. The minimum Gasteiger partial charge on any atom is -0.310 e. The monoisotopic (exact) mass is 673 g/mol. The third kappa shape index (κ3) is 9.78. The van der Waals surface area contributed by atoms with E-state index in [4.69, 9.17) is 0 Å². The number of carbonyl (C=O) groups excluding carboxylic acids is 1. The van der Waals surface area contributed by atoms with Crippen molar-refractivity contribution in [2.45, 2.75) is 115 Å². The van der Waals surface area contributed by atoms with Gasteiger partial charge in [0.05, 0.1) is 12.1 Å². The first-order chi connectivity index (χ1) is 23.4. The van der Waals surface area contributed by atoms with E-state index in [1.807, 2.05) is 0 Å². The molecule has 6 aliphatic heterocycles. The van der Waals surface area contributed by atoms with Crippen molar-refractivity contribution in [3.63, 3.8) is 0 Å². The molecule has 6 aliphatic rings. The van der Waals surface area contributed by atoms with Crippen LogP contribution in [0.15, 0.2) is 0 Å². The molecular weight excluding hydrogens is 600 g/mol. The second-order valence-electron chi connectivity index (χ2n) is 16.6. The minimum absolute atomic E-state index is 0.122. The van der Waals surface area contributed by atoms with E-state index in [1.54, 1.807) is 0 Å². The summed E-state index contributed by atoms with van der Waals surface area (Å²) in [5.41, 5.74) is 0. The molecule has 0 aromatic heterocycles. The lowest BCUT2D eigenvalue weighted by Gasteiger charge is -2.49. The topological polar surface area (TPSA) is 84.6 Å². The Balaban J connectivity index is 1.17. The van der Waals surface area contributed by atoms with E-state index in [1.165, 1.54) is 64.7 Å². The summed E-state index contributed by atoms with van der Waals surface area (Å²) < 4.78 is 0. The van der Waals surface area contributed by atoms with Gasteiger partial charge in [0.2, 0.25) is 0 Å². The SMILES string of the molecule is CC(C)N1CCN(C(C(=O)C(C2CNC(CN3CCCCC3)CN2)N2CCN(C(C)C)CC2)C2CNC(CN3CCCCC3)CN2)CC1. The lowest BCUT2D eigenvalue weighted by molar-refractivity contribution is -0.134. The van der Waals surface area contributed by atoms with Crippen LogP contribution < -0.4 is 21.3 Å². The van der Waals surface area contributed by atoms with Crippen LogP contribution >= 0.6 is 0 Å². The third-order valence-corrected chi connectivity index (χ3v) is 12.7. The first-order valence-electron chi connectivity index (χ1n) is 20.2. The van der Waals surface area contributed by atoms with Crippen LogP contribution in [0.1, 0.15) is 66.2 Å². The molecule has 6 atom stereocenters. The van der Waals surface area contributed by atoms with Crippen molar-refractivity contribution in [2.75, 3.05) is 118 Å². The van der Waals surface area contributed by atoms with Crippen molar-refractivity contribution in [2.24, 2.45) is 0 Å². The summed E-state index contributed by atoms with van der Waals surface area (Å²) in [6, 6.07) is 2.01. The molecule has 0 aromatic rings. The van der Waals surface area contributed by atoms with Crippen molar-refractivity contribution >= 4 is 5.78 Å². The largest absolute Gasteiger partial charge is 0.310 e. The predicted molar refractivity (Wildman–Crippen MR) is 197 cm³/mol. The zero-order chi connectivity index (χ0) is 33.5. The van der Waals surface area contributed by atoms with E-state index in [-0.39, 0.29) is 24.2 Å². The van der Waals surface area contributed by atoms with Gasteiger partial charge in [-0.15, -0.1) is 0 Å². The molecule has 0 spiro atoms. The maximum atomic E-state index is 15.4. The number of carbonyl (C=O) groups is 1. The van der Waals surface area contributed by atoms with Crippen molar-refractivity contribution in [3.8, 4) is 0 Å². The molecule has 0 bridgehead atoms. The molecule has 6 saturated heterocycles. The Bertz CT molecular complexity index is 866. The fourth-order valence-electron chi connectivity index (χ4n) is 9.58. The molecule has 0 aliphatic carbocycles. The Morgan fingerprint density at radius 1 is 0.479 bits per heavy atom. The molecule has 11 heteroatoms. The van der Waals surface area contributed by atoms with Crippen LogP contribution in [0.5, 0.6) is 0 Å². The van der Waals surface area contributed by atoms with Gasteiger partial charge in [0.1, 0.15) is 0 Å². The molecule has 48 heavy (non-hydrogen) atoms. The van der Waals surface area contributed by atoms with Gasteiger partial charge in [-0.3, -0.25) is 24.4 Å². The number of Topliss-reactive ketones (excluding diaryl/α,β-unsaturated/α-hetero) is 1. The average molecular weight is 673 g/mol. The number of nitrogens with zero attached hydrogens (tertiary/aromatic N) is 6. The summed E-state index contributed by atoms with van der Waals surface area (Å²) in [7, 11) is 0. The highest BCUT2D eigenvalue weighted by molar-refractivity contribution is 5.90. The number of hydrogen-bond donors (Lipinski definition) is 4. The molecule has 0 aromatic carbocycles. The smallest absolute Gasteiger partial charge is 0.170 e. The van der Waals surface area contributed by atoms with Crippen LogP contribution in [-0.4, -0.2) is 201 Å². The van der Waals surface area contributed by atoms with Gasteiger partial charge in [-0.05, 0) is 79.6 Å². The maximum Gasteiger partial charge on any atom is 0.170 e. The first-order valence-corrected chi connectivity index (χ1v) is 20.2. The van der Waals surface area contributed by atoms with Crippen LogP contribution in [-0.2, 0) is 4.79 Å². The standard InChI is InChI=1S/C37H72N10O/c1-29(2)44-15-19-46(20-16-44)35(33-25-38-31(23-40-33)27-42-11-7-5-8-12-42)37(48)36(47-21-17-45(18-22-47)30(3)4)34-26-39-32(24-41-34)28-43-13-9-6-10-14-43/h29-36,38-41H,5-28H2,1-4H3. The third-order valence-electron chi connectivity index (χ3n) is 12.7. The van der Waals surface area contributed by atoms with Gasteiger partial charge in [-0.25, -0.2) is 0 Å². The van der Waals surface area contributed by atoms with Crippen LogP contribution in [0.3, 0.4) is 0 Å². The molecular formula is C37H72N10O. The Kier molecular flexibility index (Phi) is 14.0. The van der Waals surface area contributed by atoms with E-state index >= 15 is 4.79 Å². The second kappa shape index (κ2) is 18.2. The van der Waals surface area contributed by atoms with Crippen molar-refractivity contribution in [3.05, 3.63) is 0 Å². The van der Waals surface area contributed by atoms with E-state index in [0.29, 0.717) is 30.0 Å². The van der Waals surface area contributed by atoms with Crippen LogP contribution in [0.2, 0.25) is 0 Å². The summed E-state index contributed by atoms with van der Waals surface area (Å²) in [5.74, 6) is 0.438. The number of nitrogens with one attached hydrogen (secondary N) is 4. The van der Waals surface area contributed by atoms with Gasteiger partial charge in [0.25, 0.3) is 0 Å². The van der Waals surface area contributed by atoms with Crippen LogP contribution in [0.25, 0.3) is 0 Å². The Morgan fingerprint density at radius 2 is 0.833 bits per heavy atom. The number of likely N-dealkylation sites (tertiary alicyclic amines) is 2. The summed E-state index contributed by atoms with van der Waals surface area (Å²) in [5, 5.41) is 15.8. The molecule has 6 rings (SSSR count). The van der Waals surface area contributed by atoms with E-state index in [0.717, 1.165) is 91.6 Å². The summed E-state index contributed by atoms with van der Waals surface area (Å²) in [6.07, 6.45) is 8.08. The second-order valence-corrected chi connectivity index (χ2v) is 16.6. The lowest BCUT2D eigenvalue weighted by atomic mass is 9.88. The maximum absolute atomic E-state index is 15.4. The highest BCUT2D eigenvalue weighted by Gasteiger charge is 2.46. The number of rotatable bonds is 12. The van der Waals surface area contributed by atoms with Gasteiger partial charge in [0, 0.05) is 128 Å². The number of ketones is 1. The lowest BCUT2D eigenvalue weighted by Crippen LogP contribution is -2.73. The number of piperidine rings is 2. The zero-order valence-corrected chi connectivity index (χ0v) is 31.2. The predicted octanol–water partition coefficient (Wildman–Crippen LogP) is 0.177. The normalized spacial score (nSPS) is 33.3. The van der Waals surface area contributed by atoms with Gasteiger partial charge >= 0.3 is 0 Å².